The van der Waals surface area contributed by atoms with Gasteiger partial charge in [-0.15, -0.1) is 0 Å². The Morgan fingerprint density at radius 3 is 2.57 bits per heavy atom. The smallest absolute Gasteiger partial charge is 0.320 e. The molecule has 0 heterocycles. The number of para-hydroxylation sites is 1. The number of carbonyl (C=O) groups is 1. The van der Waals surface area contributed by atoms with Crippen LogP contribution in [0.3, 0.4) is 0 Å². The number of ether oxygens (including phenoxy) is 1. The summed E-state index contributed by atoms with van der Waals surface area (Å²) < 4.78 is 5.79. The summed E-state index contributed by atoms with van der Waals surface area (Å²) in [5.74, 6) is 0.732. The fourth-order valence-corrected chi connectivity index (χ4v) is 2.31. The minimum atomic E-state index is -0.796. The lowest BCUT2D eigenvalue weighted by Gasteiger charge is -2.14. The van der Waals surface area contributed by atoms with Crippen molar-refractivity contribution < 1.29 is 14.6 Å². The number of aliphatic carboxylic acids is 1. The summed E-state index contributed by atoms with van der Waals surface area (Å²) >= 11 is 0. The molecule has 1 atom stereocenters. The van der Waals surface area contributed by atoms with E-state index < -0.39 is 12.0 Å². The summed E-state index contributed by atoms with van der Waals surface area (Å²) in [6.45, 7) is 2.57. The highest BCUT2D eigenvalue weighted by Gasteiger charge is 2.15. The highest BCUT2D eigenvalue weighted by Crippen LogP contribution is 2.21. The SMILES string of the molecule is CCCC[C@H](NCc1cccc(Oc2ccccc2)c1)C(=O)O. The summed E-state index contributed by atoms with van der Waals surface area (Å²) in [5.41, 5.74) is 1.00. The van der Waals surface area contributed by atoms with Crippen LogP contribution >= 0.6 is 0 Å². The lowest BCUT2D eigenvalue weighted by Crippen LogP contribution is -2.36. The number of benzene rings is 2. The van der Waals surface area contributed by atoms with Gasteiger partial charge in [0.1, 0.15) is 17.5 Å². The number of nitrogens with one attached hydrogen (secondary N) is 1. The molecule has 0 saturated carbocycles. The molecule has 2 rings (SSSR count). The van der Waals surface area contributed by atoms with Gasteiger partial charge in [0.2, 0.25) is 0 Å². The second-order valence-electron chi connectivity index (χ2n) is 5.48. The maximum atomic E-state index is 11.2. The van der Waals surface area contributed by atoms with E-state index in [-0.39, 0.29) is 0 Å². The quantitative estimate of drug-likeness (QED) is 0.728. The first-order valence-corrected chi connectivity index (χ1v) is 7.97. The van der Waals surface area contributed by atoms with E-state index in [1.54, 1.807) is 0 Å². The molecule has 0 radical (unpaired) electrons. The molecular formula is C19H23NO3. The molecule has 0 aliphatic carbocycles. The lowest BCUT2D eigenvalue weighted by molar-refractivity contribution is -0.139. The van der Waals surface area contributed by atoms with Crippen molar-refractivity contribution in [3.8, 4) is 11.5 Å². The molecule has 2 aromatic carbocycles. The van der Waals surface area contributed by atoms with E-state index in [9.17, 15) is 9.90 Å². The van der Waals surface area contributed by atoms with Gasteiger partial charge in [0.15, 0.2) is 0 Å². The van der Waals surface area contributed by atoms with Gasteiger partial charge in [0.05, 0.1) is 0 Å². The largest absolute Gasteiger partial charge is 0.480 e. The van der Waals surface area contributed by atoms with Gasteiger partial charge in [-0.25, -0.2) is 0 Å². The molecule has 4 heteroatoms. The minimum absolute atomic E-state index is 0.506. The molecule has 122 valence electrons. The number of carboxylic acids is 1. The number of unbranched alkanes of at least 4 members (excludes halogenated alkanes) is 1. The van der Waals surface area contributed by atoms with Crippen LogP contribution in [0, 0.1) is 0 Å². The topological polar surface area (TPSA) is 58.6 Å². The van der Waals surface area contributed by atoms with Crippen molar-refractivity contribution in [1.29, 1.82) is 0 Å². The second-order valence-corrected chi connectivity index (χ2v) is 5.48. The van der Waals surface area contributed by atoms with Crippen LogP contribution in [0.4, 0.5) is 0 Å². The van der Waals surface area contributed by atoms with Crippen molar-refractivity contribution in [1.82, 2.24) is 5.32 Å². The van der Waals surface area contributed by atoms with Crippen LogP contribution in [0.15, 0.2) is 54.6 Å². The van der Waals surface area contributed by atoms with Crippen molar-refractivity contribution in [3.63, 3.8) is 0 Å². The molecular weight excluding hydrogens is 290 g/mol. The van der Waals surface area contributed by atoms with Crippen LogP contribution in [-0.4, -0.2) is 17.1 Å². The molecule has 0 spiro atoms. The van der Waals surface area contributed by atoms with E-state index in [0.29, 0.717) is 13.0 Å². The summed E-state index contributed by atoms with van der Waals surface area (Å²) in [6.07, 6.45) is 2.54. The Balaban J connectivity index is 1.95. The van der Waals surface area contributed by atoms with Gasteiger partial charge in [-0.2, -0.15) is 0 Å². The van der Waals surface area contributed by atoms with Crippen LogP contribution in [0.2, 0.25) is 0 Å². The average Bonchev–Trinajstić information content (AvgIpc) is 2.56. The monoisotopic (exact) mass is 313 g/mol. The number of rotatable bonds is 9. The van der Waals surface area contributed by atoms with Crippen molar-refractivity contribution in [2.45, 2.75) is 38.8 Å². The Morgan fingerprint density at radius 1 is 1.13 bits per heavy atom. The molecule has 0 fully saturated rings. The number of hydrogen-bond donors (Lipinski definition) is 2. The predicted molar refractivity (Wildman–Crippen MR) is 90.7 cm³/mol. The zero-order valence-corrected chi connectivity index (χ0v) is 13.4. The lowest BCUT2D eigenvalue weighted by atomic mass is 10.1. The third-order valence-electron chi connectivity index (χ3n) is 3.57. The molecule has 2 aromatic rings. The van der Waals surface area contributed by atoms with Gasteiger partial charge in [-0.3, -0.25) is 4.79 Å². The molecule has 0 bridgehead atoms. The zero-order chi connectivity index (χ0) is 16.5. The Hall–Kier alpha value is -2.33. The van der Waals surface area contributed by atoms with Gasteiger partial charge in [0.25, 0.3) is 0 Å². The predicted octanol–water partition coefficient (Wildman–Crippen LogP) is 4.21. The zero-order valence-electron chi connectivity index (χ0n) is 13.4. The third kappa shape index (κ3) is 5.75. The van der Waals surface area contributed by atoms with E-state index in [1.807, 2.05) is 54.6 Å². The summed E-state index contributed by atoms with van der Waals surface area (Å²) in [4.78, 5) is 11.2. The van der Waals surface area contributed by atoms with Crippen LogP contribution in [0.25, 0.3) is 0 Å². The van der Waals surface area contributed by atoms with Crippen molar-refractivity contribution in [2.75, 3.05) is 0 Å². The van der Waals surface area contributed by atoms with E-state index in [2.05, 4.69) is 12.2 Å². The minimum Gasteiger partial charge on any atom is -0.480 e. The fraction of sp³-hybridized carbons (Fsp3) is 0.316. The van der Waals surface area contributed by atoms with E-state index in [1.165, 1.54) is 0 Å². The maximum Gasteiger partial charge on any atom is 0.320 e. The van der Waals surface area contributed by atoms with Crippen LogP contribution < -0.4 is 10.1 Å². The molecule has 4 nitrogen and oxygen atoms in total. The molecule has 23 heavy (non-hydrogen) atoms. The molecule has 0 aliphatic heterocycles. The molecule has 0 saturated heterocycles. The van der Waals surface area contributed by atoms with Gasteiger partial charge in [0, 0.05) is 6.54 Å². The van der Waals surface area contributed by atoms with Crippen molar-refractivity contribution in [2.24, 2.45) is 0 Å². The van der Waals surface area contributed by atoms with Crippen molar-refractivity contribution >= 4 is 5.97 Å². The standard InChI is InChI=1S/C19H23NO3/c1-2-3-12-18(19(21)22)20-14-15-8-7-11-17(13-15)23-16-9-5-4-6-10-16/h4-11,13,18,20H,2-3,12,14H2,1H3,(H,21,22)/t18-/m0/s1. The van der Waals surface area contributed by atoms with Crippen LogP contribution in [0.1, 0.15) is 31.7 Å². The van der Waals surface area contributed by atoms with Crippen LogP contribution in [0.5, 0.6) is 11.5 Å². The molecule has 0 aromatic heterocycles. The van der Waals surface area contributed by atoms with Gasteiger partial charge < -0.3 is 15.2 Å². The van der Waals surface area contributed by atoms with E-state index in [0.717, 1.165) is 29.9 Å². The molecule has 0 unspecified atom stereocenters. The highest BCUT2D eigenvalue weighted by atomic mass is 16.5. The van der Waals surface area contributed by atoms with E-state index in [4.69, 9.17) is 4.74 Å². The normalized spacial score (nSPS) is 11.9. The molecule has 0 amide bonds. The van der Waals surface area contributed by atoms with E-state index >= 15 is 0 Å². The van der Waals surface area contributed by atoms with Gasteiger partial charge in [-0.1, -0.05) is 50.1 Å². The number of carboxylic acid groups (broad SMARTS) is 1. The maximum absolute atomic E-state index is 11.2. The Bertz CT molecular complexity index is 613. The third-order valence-corrected chi connectivity index (χ3v) is 3.57. The number of hydrogen-bond acceptors (Lipinski definition) is 3. The average molecular weight is 313 g/mol. The summed E-state index contributed by atoms with van der Waals surface area (Å²) in [7, 11) is 0. The first-order chi connectivity index (χ1) is 11.2. The Morgan fingerprint density at radius 2 is 1.87 bits per heavy atom. The molecule has 0 aliphatic rings. The van der Waals surface area contributed by atoms with Crippen LogP contribution in [-0.2, 0) is 11.3 Å². The summed E-state index contributed by atoms with van der Waals surface area (Å²) in [5, 5.41) is 12.3. The highest BCUT2D eigenvalue weighted by molar-refractivity contribution is 5.73. The molecule has 2 N–H and O–H groups in total. The Kier molecular flexibility index (Phi) is 6.63. The van der Waals surface area contributed by atoms with Gasteiger partial charge in [-0.05, 0) is 36.2 Å². The van der Waals surface area contributed by atoms with Crippen molar-refractivity contribution in [3.05, 3.63) is 60.2 Å². The Labute approximate surface area is 137 Å². The first kappa shape index (κ1) is 17.0. The second kappa shape index (κ2) is 8.96. The summed E-state index contributed by atoms with van der Waals surface area (Å²) in [6, 6.07) is 16.8. The first-order valence-electron chi connectivity index (χ1n) is 7.97. The van der Waals surface area contributed by atoms with Gasteiger partial charge >= 0.3 is 5.97 Å². The fourth-order valence-electron chi connectivity index (χ4n) is 2.31.